The molecule has 1 fully saturated rings. The molecule has 0 amide bonds. The summed E-state index contributed by atoms with van der Waals surface area (Å²) in [6.07, 6.45) is 3.96. The van der Waals surface area contributed by atoms with Crippen molar-refractivity contribution in [3.8, 4) is 0 Å². The van der Waals surface area contributed by atoms with Gasteiger partial charge in [0.15, 0.2) is 0 Å². The van der Waals surface area contributed by atoms with E-state index in [1.807, 2.05) is 11.8 Å². The number of nitrogens with two attached hydrogens (primary N) is 1. The maximum Gasteiger partial charge on any atom is 0.0311 e. The van der Waals surface area contributed by atoms with E-state index in [1.165, 1.54) is 28.6 Å². The number of hydrogen-bond acceptors (Lipinski definition) is 2. The fraction of sp³-hybridized carbons (Fsp3) is 0.625. The summed E-state index contributed by atoms with van der Waals surface area (Å²) >= 11 is 5.48. The normalized spacial score (nSPS) is 29.2. The molecule has 0 bridgehead atoms. The molecule has 1 aliphatic carbocycles. The van der Waals surface area contributed by atoms with Crippen molar-refractivity contribution < 1.29 is 0 Å². The number of halogens is 1. The molecule has 0 saturated heterocycles. The molecular formula is C16H24BrNS. The molecule has 0 spiro atoms. The summed E-state index contributed by atoms with van der Waals surface area (Å²) in [4.78, 5) is 1.30. The molecule has 1 saturated carbocycles. The summed E-state index contributed by atoms with van der Waals surface area (Å²) in [5.41, 5.74) is 6.42. The SMILES string of the molecule is CC1CCC(C(N)CSc2ccccc2Br)CC1C. The Kier molecular flexibility index (Phi) is 5.79. The van der Waals surface area contributed by atoms with E-state index in [4.69, 9.17) is 5.73 Å². The van der Waals surface area contributed by atoms with Gasteiger partial charge in [0.25, 0.3) is 0 Å². The van der Waals surface area contributed by atoms with Crippen LogP contribution in [0.25, 0.3) is 0 Å². The Morgan fingerprint density at radius 3 is 2.68 bits per heavy atom. The van der Waals surface area contributed by atoms with Crippen molar-refractivity contribution in [1.82, 2.24) is 0 Å². The third-order valence-electron chi connectivity index (χ3n) is 4.51. The van der Waals surface area contributed by atoms with Crippen molar-refractivity contribution in [3.05, 3.63) is 28.7 Å². The minimum atomic E-state index is 0.326. The van der Waals surface area contributed by atoms with Crippen LogP contribution < -0.4 is 5.73 Å². The lowest BCUT2D eigenvalue weighted by Gasteiger charge is -2.35. The van der Waals surface area contributed by atoms with Crippen molar-refractivity contribution in [2.75, 3.05) is 5.75 Å². The second-order valence-corrected chi connectivity index (χ2v) is 7.85. The van der Waals surface area contributed by atoms with Gasteiger partial charge in [0, 0.05) is 21.2 Å². The highest BCUT2D eigenvalue weighted by atomic mass is 79.9. The van der Waals surface area contributed by atoms with E-state index in [1.54, 1.807) is 0 Å². The fourth-order valence-electron chi connectivity index (χ4n) is 2.86. The Bertz CT molecular complexity index is 409. The van der Waals surface area contributed by atoms with Crippen LogP contribution in [-0.4, -0.2) is 11.8 Å². The lowest BCUT2D eigenvalue weighted by molar-refractivity contribution is 0.192. The Morgan fingerprint density at radius 1 is 1.26 bits per heavy atom. The Morgan fingerprint density at radius 2 is 2.00 bits per heavy atom. The predicted molar refractivity (Wildman–Crippen MR) is 88.5 cm³/mol. The molecule has 19 heavy (non-hydrogen) atoms. The van der Waals surface area contributed by atoms with E-state index < -0.39 is 0 Å². The molecule has 1 aromatic rings. The first-order valence-corrected chi connectivity index (χ1v) is 8.98. The Hall–Kier alpha value is 0.01000. The highest BCUT2D eigenvalue weighted by molar-refractivity contribution is 9.10. The van der Waals surface area contributed by atoms with E-state index in [-0.39, 0.29) is 0 Å². The van der Waals surface area contributed by atoms with Crippen molar-refractivity contribution >= 4 is 27.7 Å². The average molecular weight is 342 g/mol. The quantitative estimate of drug-likeness (QED) is 0.784. The summed E-state index contributed by atoms with van der Waals surface area (Å²) in [5, 5.41) is 0. The number of rotatable bonds is 4. The van der Waals surface area contributed by atoms with Crippen molar-refractivity contribution in [1.29, 1.82) is 0 Å². The third kappa shape index (κ3) is 4.24. The van der Waals surface area contributed by atoms with Gasteiger partial charge in [-0.3, -0.25) is 0 Å². The standard InChI is InChI=1S/C16H24BrNS/c1-11-7-8-13(9-12(11)2)15(18)10-19-16-6-4-3-5-14(16)17/h3-6,11-13,15H,7-10,18H2,1-2H3. The molecule has 0 radical (unpaired) electrons. The van der Waals surface area contributed by atoms with E-state index in [9.17, 15) is 0 Å². The van der Waals surface area contributed by atoms with Crippen LogP contribution in [0.1, 0.15) is 33.1 Å². The lowest BCUT2D eigenvalue weighted by atomic mass is 9.74. The van der Waals surface area contributed by atoms with Crippen molar-refractivity contribution in [2.24, 2.45) is 23.5 Å². The predicted octanol–water partition coefficient (Wildman–Crippen LogP) is 4.94. The zero-order valence-electron chi connectivity index (χ0n) is 11.8. The highest BCUT2D eigenvalue weighted by Gasteiger charge is 2.28. The zero-order chi connectivity index (χ0) is 13.8. The first kappa shape index (κ1) is 15.4. The van der Waals surface area contributed by atoms with Crippen LogP contribution in [0, 0.1) is 17.8 Å². The van der Waals surface area contributed by atoms with Gasteiger partial charge in [-0.2, -0.15) is 0 Å². The van der Waals surface area contributed by atoms with E-state index in [2.05, 4.69) is 54.0 Å². The van der Waals surface area contributed by atoms with Gasteiger partial charge in [-0.25, -0.2) is 0 Å². The summed E-state index contributed by atoms with van der Waals surface area (Å²) in [6.45, 7) is 4.76. The molecule has 4 unspecified atom stereocenters. The molecule has 0 aliphatic heterocycles. The van der Waals surface area contributed by atoms with Gasteiger partial charge < -0.3 is 5.73 Å². The molecule has 0 aromatic heterocycles. The van der Waals surface area contributed by atoms with E-state index in [0.717, 1.165) is 17.6 Å². The first-order chi connectivity index (χ1) is 9.08. The van der Waals surface area contributed by atoms with Crippen LogP contribution in [0.5, 0.6) is 0 Å². The van der Waals surface area contributed by atoms with Gasteiger partial charge in [0.1, 0.15) is 0 Å². The summed E-state index contributed by atoms with van der Waals surface area (Å²) in [7, 11) is 0. The van der Waals surface area contributed by atoms with Gasteiger partial charge >= 0.3 is 0 Å². The third-order valence-corrected chi connectivity index (χ3v) is 6.68. The van der Waals surface area contributed by atoms with Gasteiger partial charge in [-0.05, 0) is 58.7 Å². The van der Waals surface area contributed by atoms with Crippen molar-refractivity contribution in [3.63, 3.8) is 0 Å². The summed E-state index contributed by atoms with van der Waals surface area (Å²) in [6, 6.07) is 8.72. The maximum atomic E-state index is 6.42. The van der Waals surface area contributed by atoms with Gasteiger partial charge in [-0.15, -0.1) is 11.8 Å². The minimum absolute atomic E-state index is 0.326. The summed E-state index contributed by atoms with van der Waals surface area (Å²) < 4.78 is 1.18. The van der Waals surface area contributed by atoms with Gasteiger partial charge in [0.05, 0.1) is 0 Å². The second-order valence-electron chi connectivity index (χ2n) is 5.93. The second kappa shape index (κ2) is 7.14. The van der Waals surface area contributed by atoms with Crippen LogP contribution >= 0.6 is 27.7 Å². The molecule has 2 N–H and O–H groups in total. The topological polar surface area (TPSA) is 26.0 Å². The maximum absolute atomic E-state index is 6.42. The monoisotopic (exact) mass is 341 g/mol. The Balaban J connectivity index is 1.85. The molecule has 1 aromatic carbocycles. The van der Waals surface area contributed by atoms with Crippen LogP contribution in [0.2, 0.25) is 0 Å². The molecule has 106 valence electrons. The molecule has 1 nitrogen and oxygen atoms in total. The molecule has 3 heteroatoms. The Labute approximate surface area is 129 Å². The average Bonchev–Trinajstić information content (AvgIpc) is 2.40. The minimum Gasteiger partial charge on any atom is -0.327 e. The number of benzene rings is 1. The number of hydrogen-bond donors (Lipinski definition) is 1. The molecule has 2 rings (SSSR count). The molecular weight excluding hydrogens is 318 g/mol. The zero-order valence-corrected chi connectivity index (χ0v) is 14.2. The van der Waals surface area contributed by atoms with E-state index in [0.29, 0.717) is 12.0 Å². The van der Waals surface area contributed by atoms with Gasteiger partial charge in [0.2, 0.25) is 0 Å². The van der Waals surface area contributed by atoms with Crippen LogP contribution in [0.4, 0.5) is 0 Å². The summed E-state index contributed by atoms with van der Waals surface area (Å²) in [5.74, 6) is 3.44. The molecule has 4 atom stereocenters. The first-order valence-electron chi connectivity index (χ1n) is 7.21. The van der Waals surface area contributed by atoms with Crippen LogP contribution in [-0.2, 0) is 0 Å². The van der Waals surface area contributed by atoms with E-state index >= 15 is 0 Å². The smallest absolute Gasteiger partial charge is 0.0311 e. The lowest BCUT2D eigenvalue weighted by Crippen LogP contribution is -2.37. The van der Waals surface area contributed by atoms with Crippen molar-refractivity contribution in [2.45, 2.75) is 44.0 Å². The molecule has 0 heterocycles. The molecule has 1 aliphatic rings. The van der Waals surface area contributed by atoms with Crippen LogP contribution in [0.15, 0.2) is 33.6 Å². The van der Waals surface area contributed by atoms with Crippen LogP contribution in [0.3, 0.4) is 0 Å². The number of thioether (sulfide) groups is 1. The largest absolute Gasteiger partial charge is 0.327 e. The fourth-order valence-corrected chi connectivity index (χ4v) is 4.51. The highest BCUT2D eigenvalue weighted by Crippen LogP contribution is 2.36. The van der Waals surface area contributed by atoms with Gasteiger partial charge in [-0.1, -0.05) is 32.4 Å².